The van der Waals surface area contributed by atoms with Crippen LogP contribution in [0, 0.1) is 5.82 Å². The predicted molar refractivity (Wildman–Crippen MR) is 96.9 cm³/mol. The summed E-state index contributed by atoms with van der Waals surface area (Å²) >= 11 is 6.32. The summed E-state index contributed by atoms with van der Waals surface area (Å²) < 4.78 is 30.3. The maximum atomic E-state index is 13.3. The van der Waals surface area contributed by atoms with Crippen LogP contribution in [-0.4, -0.2) is 36.0 Å². The van der Waals surface area contributed by atoms with Crippen LogP contribution in [0.25, 0.3) is 22.3 Å². The van der Waals surface area contributed by atoms with Gasteiger partial charge in [-0.15, -0.1) is 0 Å². The highest BCUT2D eigenvalue weighted by molar-refractivity contribution is 7.46. The van der Waals surface area contributed by atoms with E-state index in [-0.39, 0.29) is 17.3 Å². The van der Waals surface area contributed by atoms with Gasteiger partial charge in [0.1, 0.15) is 11.3 Å². The van der Waals surface area contributed by atoms with E-state index in [9.17, 15) is 14.1 Å². The second kappa shape index (κ2) is 7.53. The van der Waals surface area contributed by atoms with Crippen LogP contribution in [0.15, 0.2) is 30.5 Å². The van der Waals surface area contributed by atoms with E-state index in [1.54, 1.807) is 6.92 Å². The summed E-state index contributed by atoms with van der Waals surface area (Å²) in [4.78, 5) is 26.1. The molecule has 2 aromatic heterocycles. The third kappa shape index (κ3) is 4.12. The van der Waals surface area contributed by atoms with Gasteiger partial charge in [-0.05, 0) is 24.1 Å². The first-order valence-corrected chi connectivity index (χ1v) is 9.83. The summed E-state index contributed by atoms with van der Waals surface area (Å²) in [7, 11) is -4.69. The molecule has 3 rings (SSSR count). The minimum atomic E-state index is -4.69. The fourth-order valence-corrected chi connectivity index (χ4v) is 3.44. The van der Waals surface area contributed by atoms with E-state index < -0.39 is 25.7 Å². The SMILES string of the molecule is CC[C@@H](COP(=O)(O)O)n1c(O)nc2ncc(Cl)c(-c3ccc(F)cc3)c21. The smallest absolute Gasteiger partial charge is 0.469 e. The van der Waals surface area contributed by atoms with Gasteiger partial charge in [0.05, 0.1) is 17.7 Å². The molecule has 0 aliphatic heterocycles. The van der Waals surface area contributed by atoms with Crippen molar-refractivity contribution in [2.75, 3.05) is 6.61 Å². The van der Waals surface area contributed by atoms with Gasteiger partial charge in [-0.2, -0.15) is 4.98 Å². The summed E-state index contributed by atoms with van der Waals surface area (Å²) in [5.74, 6) is -0.419. The van der Waals surface area contributed by atoms with Gasteiger partial charge in [0.2, 0.25) is 0 Å². The number of pyridine rings is 1. The third-order valence-electron chi connectivity index (χ3n) is 4.05. The number of halogens is 2. The van der Waals surface area contributed by atoms with Crippen LogP contribution in [0.1, 0.15) is 19.4 Å². The number of fused-ring (bicyclic) bond motifs is 1. The largest absolute Gasteiger partial charge is 0.480 e. The van der Waals surface area contributed by atoms with Gasteiger partial charge in [0.25, 0.3) is 6.01 Å². The number of rotatable bonds is 6. The lowest BCUT2D eigenvalue weighted by Crippen LogP contribution is -2.14. The van der Waals surface area contributed by atoms with Crippen molar-refractivity contribution >= 4 is 30.6 Å². The highest BCUT2D eigenvalue weighted by Crippen LogP contribution is 2.41. The lowest BCUT2D eigenvalue weighted by Gasteiger charge is -2.20. The molecule has 1 aromatic carbocycles. The summed E-state index contributed by atoms with van der Waals surface area (Å²) in [6, 6.07) is 4.54. The molecule has 0 spiro atoms. The molecule has 144 valence electrons. The Hall–Kier alpha value is -2.03. The van der Waals surface area contributed by atoms with Crippen molar-refractivity contribution in [3.05, 3.63) is 41.3 Å². The van der Waals surface area contributed by atoms with Crippen LogP contribution in [0.2, 0.25) is 5.02 Å². The molecule has 11 heteroatoms. The normalized spacial score (nSPS) is 13.2. The van der Waals surface area contributed by atoms with E-state index in [0.29, 0.717) is 23.1 Å². The average Bonchev–Trinajstić information content (AvgIpc) is 2.92. The number of aromatic hydroxyl groups is 1. The Morgan fingerprint density at radius 2 is 2.00 bits per heavy atom. The molecule has 0 radical (unpaired) electrons. The van der Waals surface area contributed by atoms with Crippen molar-refractivity contribution < 1.29 is 28.4 Å². The van der Waals surface area contributed by atoms with Crippen molar-refractivity contribution in [1.29, 1.82) is 0 Å². The van der Waals surface area contributed by atoms with Crippen LogP contribution >= 0.6 is 19.4 Å². The molecule has 0 saturated heterocycles. The quantitative estimate of drug-likeness (QED) is 0.526. The zero-order chi connectivity index (χ0) is 19.8. The highest BCUT2D eigenvalue weighted by atomic mass is 35.5. The van der Waals surface area contributed by atoms with Gasteiger partial charge in [-0.25, -0.2) is 13.9 Å². The monoisotopic (exact) mass is 415 g/mol. The van der Waals surface area contributed by atoms with E-state index in [1.165, 1.54) is 35.0 Å². The van der Waals surface area contributed by atoms with E-state index >= 15 is 0 Å². The van der Waals surface area contributed by atoms with Crippen molar-refractivity contribution in [3.63, 3.8) is 0 Å². The van der Waals surface area contributed by atoms with Crippen molar-refractivity contribution in [2.24, 2.45) is 0 Å². The number of nitrogens with zero attached hydrogens (tertiary/aromatic N) is 3. The topological polar surface area (TPSA) is 118 Å². The van der Waals surface area contributed by atoms with Crippen LogP contribution in [0.5, 0.6) is 6.01 Å². The number of imidazole rings is 1. The third-order valence-corrected chi connectivity index (χ3v) is 4.83. The molecule has 0 saturated carbocycles. The first-order valence-electron chi connectivity index (χ1n) is 7.92. The number of benzene rings is 1. The molecular formula is C16H16ClFN3O5P. The molecule has 1 atom stereocenters. The molecule has 0 aliphatic rings. The van der Waals surface area contributed by atoms with E-state index in [1.807, 2.05) is 0 Å². The first-order chi connectivity index (χ1) is 12.7. The molecule has 0 fully saturated rings. The Bertz CT molecular complexity index is 1020. The molecule has 3 aromatic rings. The lowest BCUT2D eigenvalue weighted by molar-refractivity contribution is 0.164. The van der Waals surface area contributed by atoms with Crippen LogP contribution in [0.3, 0.4) is 0 Å². The van der Waals surface area contributed by atoms with Crippen LogP contribution < -0.4 is 0 Å². The highest BCUT2D eigenvalue weighted by Gasteiger charge is 2.25. The maximum Gasteiger partial charge on any atom is 0.469 e. The van der Waals surface area contributed by atoms with Crippen LogP contribution in [0.4, 0.5) is 4.39 Å². The number of phosphoric ester groups is 1. The van der Waals surface area contributed by atoms with Crippen molar-refractivity contribution in [3.8, 4) is 17.1 Å². The van der Waals surface area contributed by atoms with E-state index in [0.717, 1.165) is 0 Å². The average molecular weight is 416 g/mol. The first kappa shape index (κ1) is 19.7. The molecule has 2 heterocycles. The molecule has 0 bridgehead atoms. The zero-order valence-corrected chi connectivity index (χ0v) is 15.7. The fraction of sp³-hybridized carbons (Fsp3) is 0.250. The summed E-state index contributed by atoms with van der Waals surface area (Å²) in [6.45, 7) is 1.39. The summed E-state index contributed by atoms with van der Waals surface area (Å²) in [6.07, 6.45) is 1.74. The van der Waals surface area contributed by atoms with Gasteiger partial charge in [0.15, 0.2) is 5.65 Å². The Morgan fingerprint density at radius 1 is 1.33 bits per heavy atom. The number of phosphoric acid groups is 1. The number of hydrogen-bond acceptors (Lipinski definition) is 5. The molecular weight excluding hydrogens is 400 g/mol. The second-order valence-electron chi connectivity index (χ2n) is 5.79. The molecule has 3 N–H and O–H groups in total. The second-order valence-corrected chi connectivity index (χ2v) is 7.44. The van der Waals surface area contributed by atoms with Gasteiger partial charge in [-0.3, -0.25) is 9.09 Å². The fourth-order valence-electron chi connectivity index (χ4n) is 2.82. The Kier molecular flexibility index (Phi) is 5.50. The van der Waals surface area contributed by atoms with E-state index in [4.69, 9.17) is 21.4 Å². The Morgan fingerprint density at radius 3 is 2.59 bits per heavy atom. The van der Waals surface area contributed by atoms with Gasteiger partial charge < -0.3 is 14.9 Å². The predicted octanol–water partition coefficient (Wildman–Crippen LogP) is 3.66. The zero-order valence-electron chi connectivity index (χ0n) is 14.1. The minimum Gasteiger partial charge on any atom is -0.480 e. The summed E-state index contributed by atoms with van der Waals surface area (Å²) in [5, 5.41) is 10.6. The van der Waals surface area contributed by atoms with Gasteiger partial charge in [0, 0.05) is 11.8 Å². The number of hydrogen-bond donors (Lipinski definition) is 3. The number of aromatic nitrogens is 3. The molecule has 27 heavy (non-hydrogen) atoms. The lowest BCUT2D eigenvalue weighted by atomic mass is 10.1. The molecule has 0 aliphatic carbocycles. The Balaban J connectivity index is 2.21. The molecule has 0 amide bonds. The van der Waals surface area contributed by atoms with E-state index in [2.05, 4.69) is 14.5 Å². The Labute approximate surface area is 158 Å². The summed E-state index contributed by atoms with van der Waals surface area (Å²) in [5.41, 5.74) is 1.57. The molecule has 0 unspecified atom stereocenters. The maximum absolute atomic E-state index is 13.3. The standard InChI is InChI=1S/C16H16ClFN3O5P/c1-2-11(8-26-27(23,24)25)21-14-13(9-3-5-10(18)6-4-9)12(17)7-19-15(14)20-16(21)22/h3-7,11H,2,8H2,1H3,(H,19,20,22)(H2,23,24,25)/t11-/m0/s1. The van der Waals surface area contributed by atoms with Crippen molar-refractivity contribution in [2.45, 2.75) is 19.4 Å². The van der Waals surface area contributed by atoms with Gasteiger partial charge >= 0.3 is 7.82 Å². The van der Waals surface area contributed by atoms with Gasteiger partial charge in [-0.1, -0.05) is 30.7 Å². The van der Waals surface area contributed by atoms with Crippen LogP contribution in [-0.2, 0) is 9.09 Å². The van der Waals surface area contributed by atoms with Crippen molar-refractivity contribution in [1.82, 2.24) is 14.5 Å². The molecule has 8 nitrogen and oxygen atoms in total. The minimum absolute atomic E-state index is 0.186.